The van der Waals surface area contributed by atoms with Crippen molar-refractivity contribution in [2.75, 3.05) is 7.05 Å². The lowest BCUT2D eigenvalue weighted by Gasteiger charge is -2.34. The molecule has 1 amide bonds. The number of hydrogen-bond donors (Lipinski definition) is 2. The fourth-order valence-electron chi connectivity index (χ4n) is 1.79. The van der Waals surface area contributed by atoms with E-state index in [1.165, 1.54) is 23.8 Å². The number of fused-ring (bicyclic) bond motifs is 1. The van der Waals surface area contributed by atoms with Gasteiger partial charge in [-0.05, 0) is 14.8 Å². The third-order valence-electron chi connectivity index (χ3n) is 2.73. The molecule has 3 unspecified atom stereocenters. The van der Waals surface area contributed by atoms with Crippen LogP contribution in [0.2, 0.25) is 0 Å². The first-order valence-electron chi connectivity index (χ1n) is 4.64. The van der Waals surface area contributed by atoms with Crippen LogP contribution in [0.25, 0.3) is 0 Å². The average Bonchev–Trinajstić information content (AvgIpc) is 2.76. The van der Waals surface area contributed by atoms with Crippen LogP contribution in [-0.4, -0.2) is 36.8 Å². The molecule has 6 nitrogen and oxygen atoms in total. The first-order valence-corrected chi connectivity index (χ1v) is 7.60. The van der Waals surface area contributed by atoms with Gasteiger partial charge in [-0.1, -0.05) is 0 Å². The number of thiophene rings is 1. The first-order chi connectivity index (χ1) is 7.91. The minimum atomic E-state index is -3.70. The third kappa shape index (κ3) is 1.80. The van der Waals surface area contributed by atoms with Crippen LogP contribution in [0.3, 0.4) is 0 Å². The lowest BCUT2D eigenvalue weighted by Crippen LogP contribution is -2.51. The van der Waals surface area contributed by atoms with Crippen LogP contribution in [0.1, 0.15) is 11.7 Å². The SMILES string of the molecule is CN1C(C(=O)NP)C(O)c2cscc2S1(=O)=O. The number of carbonyl (C=O) groups is 1. The lowest BCUT2D eigenvalue weighted by atomic mass is 10.0. The Hall–Kier alpha value is -0.530. The molecular weight excluding hydrogens is 283 g/mol. The molecule has 9 heteroatoms. The van der Waals surface area contributed by atoms with E-state index in [1.807, 2.05) is 9.39 Å². The lowest BCUT2D eigenvalue weighted by molar-refractivity contribution is -0.126. The zero-order valence-corrected chi connectivity index (χ0v) is 11.6. The predicted octanol–water partition coefficient (Wildman–Crippen LogP) is -0.309. The topological polar surface area (TPSA) is 86.7 Å². The first kappa shape index (κ1) is 12.9. The molecule has 1 aromatic rings. The van der Waals surface area contributed by atoms with Gasteiger partial charge in [-0.15, -0.1) is 0 Å². The molecule has 2 heterocycles. The Kier molecular flexibility index (Phi) is 3.26. The maximum Gasteiger partial charge on any atom is 0.244 e. The number of amides is 1. The highest BCUT2D eigenvalue weighted by Gasteiger charge is 2.45. The highest BCUT2D eigenvalue weighted by atomic mass is 32.2. The van der Waals surface area contributed by atoms with Gasteiger partial charge in [-0.25, -0.2) is 8.42 Å². The summed E-state index contributed by atoms with van der Waals surface area (Å²) in [6, 6.07) is -1.14. The third-order valence-corrected chi connectivity index (χ3v) is 5.82. The molecule has 0 radical (unpaired) electrons. The molecule has 1 aliphatic heterocycles. The van der Waals surface area contributed by atoms with Gasteiger partial charge in [0.15, 0.2) is 0 Å². The number of likely N-dealkylation sites (N-methyl/N-ethyl adjacent to an activating group) is 1. The van der Waals surface area contributed by atoms with Gasteiger partial charge in [0.2, 0.25) is 15.9 Å². The molecule has 1 aliphatic rings. The van der Waals surface area contributed by atoms with Gasteiger partial charge in [0.05, 0.1) is 4.90 Å². The molecule has 0 saturated heterocycles. The molecule has 0 fully saturated rings. The summed E-state index contributed by atoms with van der Waals surface area (Å²) in [5.41, 5.74) is 0.284. The Bertz CT molecular complexity index is 556. The van der Waals surface area contributed by atoms with E-state index < -0.39 is 28.1 Å². The number of nitrogens with zero attached hydrogens (tertiary/aromatic N) is 1. The van der Waals surface area contributed by atoms with Crippen LogP contribution in [0.4, 0.5) is 0 Å². The van der Waals surface area contributed by atoms with Crippen molar-refractivity contribution in [1.29, 1.82) is 0 Å². The smallest absolute Gasteiger partial charge is 0.244 e. The largest absolute Gasteiger partial charge is 0.386 e. The zero-order chi connectivity index (χ0) is 12.8. The standard InChI is InChI=1S/C8H11N2O4PS2/c1-10-6(8(12)9-15)7(11)4-2-16-3-5(4)17(10,13)14/h2-3,6-7,11H,15H2,1H3,(H,9,12). The van der Waals surface area contributed by atoms with Crippen molar-refractivity contribution < 1.29 is 18.3 Å². The molecule has 1 aromatic heterocycles. The number of rotatable bonds is 1. The van der Waals surface area contributed by atoms with E-state index in [0.717, 1.165) is 4.31 Å². The summed E-state index contributed by atoms with van der Waals surface area (Å²) in [5.74, 6) is -0.564. The molecule has 94 valence electrons. The summed E-state index contributed by atoms with van der Waals surface area (Å²) in [4.78, 5) is 11.7. The van der Waals surface area contributed by atoms with Crippen LogP contribution in [-0.2, 0) is 14.8 Å². The van der Waals surface area contributed by atoms with Gasteiger partial charge in [0.25, 0.3) is 0 Å². The van der Waals surface area contributed by atoms with E-state index >= 15 is 0 Å². The number of aliphatic hydroxyl groups excluding tert-OH is 1. The van der Waals surface area contributed by atoms with Crippen LogP contribution < -0.4 is 5.09 Å². The van der Waals surface area contributed by atoms with E-state index in [1.54, 1.807) is 5.38 Å². The molecule has 0 bridgehead atoms. The molecule has 0 aliphatic carbocycles. The van der Waals surface area contributed by atoms with Crippen LogP contribution in [0.5, 0.6) is 0 Å². The van der Waals surface area contributed by atoms with Gasteiger partial charge in [-0.2, -0.15) is 15.6 Å². The normalized spacial score (nSPS) is 27.5. The zero-order valence-electron chi connectivity index (χ0n) is 8.82. The summed E-state index contributed by atoms with van der Waals surface area (Å²) in [7, 11) is -0.421. The molecule has 2 rings (SSSR count). The number of carbonyl (C=O) groups excluding carboxylic acids is 1. The predicted molar refractivity (Wildman–Crippen MR) is 65.9 cm³/mol. The molecular formula is C8H11N2O4PS2. The van der Waals surface area contributed by atoms with Crippen molar-refractivity contribution in [3.05, 3.63) is 16.3 Å². The second kappa shape index (κ2) is 4.29. The number of sulfonamides is 1. The summed E-state index contributed by atoms with van der Waals surface area (Å²) in [6.07, 6.45) is -1.15. The molecule has 17 heavy (non-hydrogen) atoms. The maximum atomic E-state index is 12.1. The second-order valence-electron chi connectivity index (χ2n) is 3.61. The Morgan fingerprint density at radius 3 is 2.82 bits per heavy atom. The minimum absolute atomic E-state index is 0.0744. The van der Waals surface area contributed by atoms with E-state index in [9.17, 15) is 18.3 Å². The highest BCUT2D eigenvalue weighted by molar-refractivity contribution is 7.89. The van der Waals surface area contributed by atoms with Gasteiger partial charge in [0, 0.05) is 18.0 Å². The number of nitrogens with one attached hydrogen (secondary N) is 1. The van der Waals surface area contributed by atoms with E-state index in [0.29, 0.717) is 0 Å². The van der Waals surface area contributed by atoms with E-state index in [2.05, 4.69) is 5.09 Å². The molecule has 3 atom stereocenters. The summed E-state index contributed by atoms with van der Waals surface area (Å²) in [6.45, 7) is 0. The minimum Gasteiger partial charge on any atom is -0.386 e. The van der Waals surface area contributed by atoms with Crippen molar-refractivity contribution >= 4 is 36.7 Å². The molecule has 0 saturated carbocycles. The van der Waals surface area contributed by atoms with Gasteiger partial charge in [-0.3, -0.25) is 4.79 Å². The van der Waals surface area contributed by atoms with Gasteiger partial charge in [0.1, 0.15) is 12.1 Å². The number of hydrogen-bond acceptors (Lipinski definition) is 5. The summed E-state index contributed by atoms with van der Waals surface area (Å²) < 4.78 is 25.0. The average molecular weight is 294 g/mol. The van der Waals surface area contributed by atoms with Crippen molar-refractivity contribution in [3.8, 4) is 0 Å². The Morgan fingerprint density at radius 1 is 1.59 bits per heavy atom. The van der Waals surface area contributed by atoms with E-state index in [4.69, 9.17) is 0 Å². The van der Waals surface area contributed by atoms with Crippen LogP contribution >= 0.6 is 20.7 Å². The van der Waals surface area contributed by atoms with Crippen molar-refractivity contribution in [2.45, 2.75) is 17.0 Å². The summed E-state index contributed by atoms with van der Waals surface area (Å²) >= 11 is 1.18. The van der Waals surface area contributed by atoms with Crippen LogP contribution in [0.15, 0.2) is 15.7 Å². The van der Waals surface area contributed by atoms with E-state index in [-0.39, 0.29) is 10.5 Å². The maximum absolute atomic E-state index is 12.1. The number of aliphatic hydroxyl groups is 1. The highest BCUT2D eigenvalue weighted by Crippen LogP contribution is 2.37. The molecule has 0 spiro atoms. The van der Waals surface area contributed by atoms with Crippen molar-refractivity contribution in [3.63, 3.8) is 0 Å². The van der Waals surface area contributed by atoms with Crippen molar-refractivity contribution in [1.82, 2.24) is 9.39 Å². The Labute approximate surface area is 105 Å². The molecule has 2 N–H and O–H groups in total. The second-order valence-corrected chi connectivity index (χ2v) is 6.61. The Morgan fingerprint density at radius 2 is 2.24 bits per heavy atom. The van der Waals surface area contributed by atoms with Crippen LogP contribution in [0, 0.1) is 0 Å². The fraction of sp³-hybridized carbons (Fsp3) is 0.375. The van der Waals surface area contributed by atoms with Gasteiger partial charge >= 0.3 is 0 Å². The monoisotopic (exact) mass is 294 g/mol. The fourth-order valence-corrected chi connectivity index (χ4v) is 4.72. The quantitative estimate of drug-likeness (QED) is 0.696. The Balaban J connectivity index is 2.60. The summed E-state index contributed by atoms with van der Waals surface area (Å²) in [5, 5.41) is 15.3. The van der Waals surface area contributed by atoms with Gasteiger partial charge < -0.3 is 10.2 Å². The van der Waals surface area contributed by atoms with Crippen molar-refractivity contribution in [2.24, 2.45) is 0 Å². The molecule has 0 aromatic carbocycles.